The van der Waals surface area contributed by atoms with E-state index in [1.54, 1.807) is 0 Å². The van der Waals surface area contributed by atoms with E-state index in [0.717, 1.165) is 25.7 Å². The number of amides is 1. The van der Waals surface area contributed by atoms with Crippen molar-refractivity contribution >= 4 is 11.9 Å². The van der Waals surface area contributed by atoms with Crippen molar-refractivity contribution < 1.29 is 14.7 Å². The minimum absolute atomic E-state index is 0.0656. The summed E-state index contributed by atoms with van der Waals surface area (Å²) >= 11 is 0. The van der Waals surface area contributed by atoms with Crippen LogP contribution in [0, 0.1) is 5.92 Å². The van der Waals surface area contributed by atoms with Gasteiger partial charge in [-0.15, -0.1) is 0 Å². The zero-order chi connectivity index (χ0) is 14.3. The second-order valence-corrected chi connectivity index (χ2v) is 5.60. The highest BCUT2D eigenvalue weighted by Gasteiger charge is 2.37. The Hall–Kier alpha value is -1.46. The number of nitrogens with zero attached hydrogens (tertiary/aromatic N) is 1. The Kier molecular flexibility index (Phi) is 5.92. The van der Waals surface area contributed by atoms with Gasteiger partial charge in [-0.3, -0.25) is 0 Å². The van der Waals surface area contributed by atoms with E-state index in [1.165, 1.54) is 0 Å². The van der Waals surface area contributed by atoms with Crippen molar-refractivity contribution in [3.8, 4) is 0 Å². The SMILES string of the molecule is CC(C)COC(=O)NC1(/C(N)=N/O)CCCCCC1. The first-order valence-corrected chi connectivity index (χ1v) is 6.93. The Bertz CT molecular complexity index is 321. The number of ether oxygens (including phenoxy) is 1. The topological polar surface area (TPSA) is 96.9 Å². The van der Waals surface area contributed by atoms with Gasteiger partial charge < -0.3 is 21.0 Å². The van der Waals surface area contributed by atoms with Crippen LogP contribution in [-0.2, 0) is 4.74 Å². The molecule has 4 N–H and O–H groups in total. The molecule has 1 rings (SSSR count). The molecular formula is C13H25N3O3. The number of carbonyl (C=O) groups excluding carboxylic acids is 1. The van der Waals surface area contributed by atoms with E-state index in [1.807, 2.05) is 13.8 Å². The summed E-state index contributed by atoms with van der Waals surface area (Å²) in [4.78, 5) is 11.8. The summed E-state index contributed by atoms with van der Waals surface area (Å²) in [5.41, 5.74) is 5.02. The molecule has 0 unspecified atom stereocenters. The molecule has 0 heterocycles. The van der Waals surface area contributed by atoms with Crippen LogP contribution in [0.15, 0.2) is 5.16 Å². The molecule has 0 aromatic heterocycles. The maximum absolute atomic E-state index is 11.8. The predicted molar refractivity (Wildman–Crippen MR) is 73.2 cm³/mol. The lowest BCUT2D eigenvalue weighted by molar-refractivity contribution is 0.124. The Morgan fingerprint density at radius 3 is 2.42 bits per heavy atom. The first-order valence-electron chi connectivity index (χ1n) is 6.93. The average molecular weight is 271 g/mol. The van der Waals surface area contributed by atoms with Gasteiger partial charge in [-0.1, -0.05) is 44.7 Å². The molecule has 19 heavy (non-hydrogen) atoms. The molecule has 0 aliphatic heterocycles. The maximum atomic E-state index is 11.8. The number of rotatable bonds is 4. The fourth-order valence-electron chi connectivity index (χ4n) is 2.35. The molecule has 1 aliphatic rings. The van der Waals surface area contributed by atoms with E-state index in [0.29, 0.717) is 19.4 Å². The summed E-state index contributed by atoms with van der Waals surface area (Å²) in [6.45, 7) is 4.30. The highest BCUT2D eigenvalue weighted by atomic mass is 16.5. The van der Waals surface area contributed by atoms with Gasteiger partial charge in [-0.05, 0) is 18.8 Å². The molecule has 1 saturated carbocycles. The molecule has 0 saturated heterocycles. The summed E-state index contributed by atoms with van der Waals surface area (Å²) in [7, 11) is 0. The predicted octanol–water partition coefficient (Wildman–Crippen LogP) is 2.21. The van der Waals surface area contributed by atoms with Gasteiger partial charge in [0, 0.05) is 0 Å². The number of carbonyl (C=O) groups is 1. The zero-order valence-electron chi connectivity index (χ0n) is 11.8. The molecule has 0 aromatic carbocycles. The van der Waals surface area contributed by atoms with Crippen LogP contribution in [0.4, 0.5) is 4.79 Å². The quantitative estimate of drug-likeness (QED) is 0.240. The van der Waals surface area contributed by atoms with E-state index >= 15 is 0 Å². The van der Waals surface area contributed by atoms with E-state index in [2.05, 4.69) is 10.5 Å². The summed E-state index contributed by atoms with van der Waals surface area (Å²) in [6.07, 6.45) is 4.95. The number of nitrogens with one attached hydrogen (secondary N) is 1. The Morgan fingerprint density at radius 2 is 1.95 bits per heavy atom. The molecule has 1 amide bonds. The first kappa shape index (κ1) is 15.6. The van der Waals surface area contributed by atoms with Gasteiger partial charge in [0.05, 0.1) is 6.61 Å². The van der Waals surface area contributed by atoms with Crippen molar-refractivity contribution in [2.45, 2.75) is 57.9 Å². The molecule has 0 atom stereocenters. The van der Waals surface area contributed by atoms with E-state index < -0.39 is 11.6 Å². The molecule has 0 radical (unpaired) electrons. The van der Waals surface area contributed by atoms with Crippen LogP contribution in [0.3, 0.4) is 0 Å². The third-order valence-electron chi connectivity index (χ3n) is 3.44. The van der Waals surface area contributed by atoms with Crippen molar-refractivity contribution in [3.63, 3.8) is 0 Å². The number of oxime groups is 1. The molecule has 0 aromatic rings. The van der Waals surface area contributed by atoms with Gasteiger partial charge >= 0.3 is 6.09 Å². The number of amidine groups is 1. The lowest BCUT2D eigenvalue weighted by atomic mass is 9.89. The van der Waals surface area contributed by atoms with Gasteiger partial charge in [0.1, 0.15) is 5.54 Å². The monoisotopic (exact) mass is 271 g/mol. The molecule has 110 valence electrons. The third kappa shape index (κ3) is 4.61. The van der Waals surface area contributed by atoms with Crippen molar-refractivity contribution in [1.29, 1.82) is 0 Å². The van der Waals surface area contributed by atoms with Gasteiger partial charge in [0.15, 0.2) is 5.84 Å². The molecular weight excluding hydrogens is 246 g/mol. The highest BCUT2D eigenvalue weighted by Crippen LogP contribution is 2.27. The van der Waals surface area contributed by atoms with Crippen LogP contribution in [0.1, 0.15) is 52.4 Å². The minimum Gasteiger partial charge on any atom is -0.449 e. The van der Waals surface area contributed by atoms with Gasteiger partial charge in [-0.25, -0.2) is 4.79 Å². The molecule has 1 aliphatic carbocycles. The van der Waals surface area contributed by atoms with E-state index in [4.69, 9.17) is 15.7 Å². The van der Waals surface area contributed by atoms with Crippen LogP contribution in [0.2, 0.25) is 0 Å². The maximum Gasteiger partial charge on any atom is 0.407 e. The summed E-state index contributed by atoms with van der Waals surface area (Å²) in [5.74, 6) is 0.343. The Labute approximate surface area is 114 Å². The lowest BCUT2D eigenvalue weighted by Crippen LogP contribution is -2.57. The summed E-state index contributed by atoms with van der Waals surface area (Å²) in [6, 6.07) is 0. The molecule has 0 spiro atoms. The number of hydrogen-bond acceptors (Lipinski definition) is 4. The second kappa shape index (κ2) is 7.21. The number of hydrogen-bond donors (Lipinski definition) is 3. The van der Waals surface area contributed by atoms with Gasteiger partial charge in [0.2, 0.25) is 0 Å². The standard InChI is InChI=1S/C13H25N3O3/c1-10(2)9-19-12(17)15-13(11(14)16-18)7-5-3-4-6-8-13/h10,18H,3-9H2,1-2H3,(H2,14,16)(H,15,17). The molecule has 0 bridgehead atoms. The summed E-state index contributed by atoms with van der Waals surface area (Å²) < 4.78 is 5.12. The first-order chi connectivity index (χ1) is 9.00. The van der Waals surface area contributed by atoms with E-state index in [9.17, 15) is 4.79 Å². The van der Waals surface area contributed by atoms with Crippen molar-refractivity contribution in [3.05, 3.63) is 0 Å². The fraction of sp³-hybridized carbons (Fsp3) is 0.846. The van der Waals surface area contributed by atoms with Gasteiger partial charge in [0.25, 0.3) is 0 Å². The van der Waals surface area contributed by atoms with Crippen molar-refractivity contribution in [1.82, 2.24) is 5.32 Å². The van der Waals surface area contributed by atoms with Crippen LogP contribution < -0.4 is 11.1 Å². The van der Waals surface area contributed by atoms with Crippen LogP contribution in [0.25, 0.3) is 0 Å². The largest absolute Gasteiger partial charge is 0.449 e. The lowest BCUT2D eigenvalue weighted by Gasteiger charge is -2.32. The average Bonchev–Trinajstić information content (AvgIpc) is 2.62. The molecule has 1 fully saturated rings. The summed E-state index contributed by atoms with van der Waals surface area (Å²) in [5, 5.41) is 14.8. The minimum atomic E-state index is -0.765. The van der Waals surface area contributed by atoms with Crippen molar-refractivity contribution in [2.24, 2.45) is 16.8 Å². The van der Waals surface area contributed by atoms with Crippen molar-refractivity contribution in [2.75, 3.05) is 6.61 Å². The third-order valence-corrected chi connectivity index (χ3v) is 3.44. The number of alkyl carbamates (subject to hydrolysis) is 1. The Morgan fingerprint density at radius 1 is 1.37 bits per heavy atom. The van der Waals surface area contributed by atoms with Gasteiger partial charge in [-0.2, -0.15) is 0 Å². The Balaban J connectivity index is 2.71. The second-order valence-electron chi connectivity index (χ2n) is 5.60. The zero-order valence-corrected chi connectivity index (χ0v) is 11.8. The van der Waals surface area contributed by atoms with Crippen LogP contribution >= 0.6 is 0 Å². The van der Waals surface area contributed by atoms with Crippen LogP contribution in [-0.4, -0.2) is 29.3 Å². The molecule has 6 nitrogen and oxygen atoms in total. The van der Waals surface area contributed by atoms with Crippen LogP contribution in [0.5, 0.6) is 0 Å². The normalized spacial score (nSPS) is 19.8. The fourth-order valence-corrected chi connectivity index (χ4v) is 2.35. The highest BCUT2D eigenvalue weighted by molar-refractivity contribution is 5.92. The molecule has 6 heteroatoms. The van der Waals surface area contributed by atoms with E-state index in [-0.39, 0.29) is 11.8 Å². The smallest absolute Gasteiger partial charge is 0.407 e. The number of nitrogens with two attached hydrogens (primary N) is 1.